The first kappa shape index (κ1) is 21.2. The minimum absolute atomic E-state index is 0. The van der Waals surface area contributed by atoms with E-state index in [-0.39, 0.29) is 23.6 Å². The molecule has 0 aliphatic carbocycles. The summed E-state index contributed by atoms with van der Waals surface area (Å²) in [6.45, 7) is 3.14. The van der Waals surface area contributed by atoms with Gasteiger partial charge in [0.1, 0.15) is 11.5 Å². The molecular weight excluding hydrogens is 428 g/mol. The average molecular weight is 451 g/mol. The lowest BCUT2D eigenvalue weighted by atomic mass is 10.1. The van der Waals surface area contributed by atoms with Crippen LogP contribution in [0.3, 0.4) is 0 Å². The highest BCUT2D eigenvalue weighted by molar-refractivity contribution is 8.93. The fourth-order valence-electron chi connectivity index (χ4n) is 2.62. The topological polar surface area (TPSA) is 56.0 Å². The monoisotopic (exact) mass is 450 g/mol. The van der Waals surface area contributed by atoms with Crippen LogP contribution in [0.15, 0.2) is 58.9 Å². The number of aromatic nitrogens is 1. The second-order valence-corrected chi connectivity index (χ2v) is 6.38. The fourth-order valence-corrected chi connectivity index (χ4v) is 3.58. The molecule has 0 amide bonds. The van der Waals surface area contributed by atoms with E-state index in [9.17, 15) is 5.11 Å². The van der Waals surface area contributed by atoms with Gasteiger partial charge in [-0.25, -0.2) is 4.99 Å². The van der Waals surface area contributed by atoms with Crippen molar-refractivity contribution in [3.05, 3.63) is 58.7 Å². The number of halogens is 1. The summed E-state index contributed by atoms with van der Waals surface area (Å²) < 4.78 is 12.7. The van der Waals surface area contributed by atoms with Crippen LogP contribution < -0.4 is 14.3 Å². The standard InChI is InChI=1S/C20H22N2O3S.BrH/c1-3-25-18-10-6-16(7-11-18)21-20-22(12-13-23)19(14-26-20)15-4-8-17(24-2)9-5-15;/h4-11,14,23H,3,12-13H2,1-2H3;1H. The second-order valence-electron chi connectivity index (χ2n) is 5.55. The van der Waals surface area contributed by atoms with Crippen LogP contribution in [0.25, 0.3) is 11.3 Å². The molecule has 0 fully saturated rings. The summed E-state index contributed by atoms with van der Waals surface area (Å²) in [6, 6.07) is 15.6. The third-order valence-corrected chi connectivity index (χ3v) is 4.74. The molecule has 1 N–H and O–H groups in total. The number of hydrogen-bond donors (Lipinski definition) is 1. The summed E-state index contributed by atoms with van der Waals surface area (Å²) in [5, 5.41) is 11.5. The van der Waals surface area contributed by atoms with Gasteiger partial charge in [-0.1, -0.05) is 0 Å². The Morgan fingerprint density at radius 1 is 1.04 bits per heavy atom. The number of aliphatic hydroxyl groups is 1. The highest BCUT2D eigenvalue weighted by atomic mass is 79.9. The van der Waals surface area contributed by atoms with Crippen molar-refractivity contribution in [3.63, 3.8) is 0 Å². The molecule has 1 aromatic heterocycles. The van der Waals surface area contributed by atoms with Crippen molar-refractivity contribution < 1.29 is 14.6 Å². The number of methoxy groups -OCH3 is 1. The van der Waals surface area contributed by atoms with Crippen LogP contribution in [0, 0.1) is 0 Å². The minimum Gasteiger partial charge on any atom is -0.497 e. The first-order valence-electron chi connectivity index (χ1n) is 8.46. The van der Waals surface area contributed by atoms with Crippen LogP contribution in [-0.4, -0.2) is 30.0 Å². The average Bonchev–Trinajstić information content (AvgIpc) is 3.06. The molecule has 5 nitrogen and oxygen atoms in total. The SMILES string of the molecule is Br.CCOc1ccc(N=c2scc(-c3ccc(OC)cc3)n2CCO)cc1. The molecule has 0 radical (unpaired) electrons. The first-order chi connectivity index (χ1) is 12.7. The van der Waals surface area contributed by atoms with Gasteiger partial charge in [-0.3, -0.25) is 0 Å². The molecule has 0 bridgehead atoms. The Labute approximate surface area is 173 Å². The molecule has 0 atom stereocenters. The highest BCUT2D eigenvalue weighted by Gasteiger charge is 2.08. The quantitative estimate of drug-likeness (QED) is 0.579. The summed E-state index contributed by atoms with van der Waals surface area (Å²) in [6.07, 6.45) is 0. The van der Waals surface area contributed by atoms with Crippen molar-refractivity contribution in [2.24, 2.45) is 4.99 Å². The third-order valence-electron chi connectivity index (χ3n) is 3.88. The molecule has 0 unspecified atom stereocenters. The van der Waals surface area contributed by atoms with Crippen LogP contribution in [-0.2, 0) is 6.54 Å². The van der Waals surface area contributed by atoms with Gasteiger partial charge in [0.2, 0.25) is 0 Å². The summed E-state index contributed by atoms with van der Waals surface area (Å²) in [5.41, 5.74) is 2.93. The van der Waals surface area contributed by atoms with Gasteiger partial charge in [-0.15, -0.1) is 28.3 Å². The molecule has 3 aromatic rings. The lowest BCUT2D eigenvalue weighted by Gasteiger charge is -2.08. The molecule has 0 spiro atoms. The van der Waals surface area contributed by atoms with Crippen LogP contribution in [0.1, 0.15) is 6.92 Å². The van der Waals surface area contributed by atoms with Gasteiger partial charge in [-0.05, 0) is 61.0 Å². The molecule has 2 aromatic carbocycles. The van der Waals surface area contributed by atoms with Gasteiger partial charge in [-0.2, -0.15) is 0 Å². The van der Waals surface area contributed by atoms with Crippen LogP contribution in [0.5, 0.6) is 11.5 Å². The van der Waals surface area contributed by atoms with Gasteiger partial charge in [0.15, 0.2) is 4.80 Å². The molecule has 7 heteroatoms. The molecule has 1 heterocycles. The van der Waals surface area contributed by atoms with Crippen molar-refractivity contribution in [3.8, 4) is 22.8 Å². The van der Waals surface area contributed by atoms with Gasteiger partial charge in [0.25, 0.3) is 0 Å². The van der Waals surface area contributed by atoms with E-state index in [0.717, 1.165) is 33.2 Å². The van der Waals surface area contributed by atoms with Crippen molar-refractivity contribution >= 4 is 34.0 Å². The lowest BCUT2D eigenvalue weighted by Crippen LogP contribution is -2.17. The van der Waals surface area contributed by atoms with Crippen molar-refractivity contribution in [2.45, 2.75) is 13.5 Å². The molecule has 0 saturated heterocycles. The predicted molar refractivity (Wildman–Crippen MR) is 115 cm³/mol. The van der Waals surface area contributed by atoms with Crippen LogP contribution in [0.4, 0.5) is 5.69 Å². The third kappa shape index (κ3) is 5.22. The summed E-state index contributed by atoms with van der Waals surface area (Å²) >= 11 is 1.55. The van der Waals surface area contributed by atoms with E-state index < -0.39 is 0 Å². The van der Waals surface area contributed by atoms with Crippen molar-refractivity contribution in [1.29, 1.82) is 0 Å². The van der Waals surface area contributed by atoms with Gasteiger partial charge in [0.05, 0.1) is 31.7 Å². The zero-order chi connectivity index (χ0) is 18.4. The Kier molecular flexibility index (Phi) is 8.09. The largest absolute Gasteiger partial charge is 0.497 e. The first-order valence-corrected chi connectivity index (χ1v) is 9.34. The van der Waals surface area contributed by atoms with Gasteiger partial charge in [0, 0.05) is 11.9 Å². The number of thiazole rings is 1. The van der Waals surface area contributed by atoms with E-state index in [2.05, 4.69) is 5.38 Å². The Hall–Kier alpha value is -2.09. The maximum absolute atomic E-state index is 9.48. The minimum atomic E-state index is 0. The Morgan fingerprint density at radius 2 is 1.70 bits per heavy atom. The molecule has 0 aliphatic rings. The Morgan fingerprint density at radius 3 is 2.30 bits per heavy atom. The second kappa shape index (κ2) is 10.3. The number of nitrogens with zero attached hydrogens (tertiary/aromatic N) is 2. The zero-order valence-electron chi connectivity index (χ0n) is 15.3. The van der Waals surface area contributed by atoms with Crippen molar-refractivity contribution in [1.82, 2.24) is 4.57 Å². The zero-order valence-corrected chi connectivity index (χ0v) is 17.8. The number of hydrogen-bond acceptors (Lipinski definition) is 5. The smallest absolute Gasteiger partial charge is 0.190 e. The maximum Gasteiger partial charge on any atom is 0.190 e. The lowest BCUT2D eigenvalue weighted by molar-refractivity contribution is 0.275. The van der Waals surface area contributed by atoms with Crippen molar-refractivity contribution in [2.75, 3.05) is 20.3 Å². The molecule has 0 aliphatic heterocycles. The van der Waals surface area contributed by atoms with Gasteiger partial charge >= 0.3 is 0 Å². The fraction of sp³-hybridized carbons (Fsp3) is 0.250. The van der Waals surface area contributed by atoms with E-state index in [1.54, 1.807) is 18.4 Å². The van der Waals surface area contributed by atoms with Crippen LogP contribution in [0.2, 0.25) is 0 Å². The van der Waals surface area contributed by atoms with E-state index in [4.69, 9.17) is 14.5 Å². The highest BCUT2D eigenvalue weighted by Crippen LogP contribution is 2.24. The summed E-state index contributed by atoms with van der Waals surface area (Å²) in [7, 11) is 1.65. The van der Waals surface area contributed by atoms with Gasteiger partial charge < -0.3 is 19.1 Å². The number of ether oxygens (including phenoxy) is 2. The Bertz CT molecular complexity index is 902. The normalized spacial score (nSPS) is 11.1. The molecule has 0 saturated carbocycles. The number of benzene rings is 2. The van der Waals surface area contributed by atoms with E-state index >= 15 is 0 Å². The maximum atomic E-state index is 9.48. The summed E-state index contributed by atoms with van der Waals surface area (Å²) in [4.78, 5) is 5.57. The summed E-state index contributed by atoms with van der Waals surface area (Å²) in [5.74, 6) is 1.65. The Balaban J connectivity index is 0.00000261. The van der Waals surface area contributed by atoms with E-state index in [1.807, 2.05) is 60.0 Å². The molecule has 27 heavy (non-hydrogen) atoms. The molecular formula is C20H23BrN2O3S. The van der Waals surface area contributed by atoms with Crippen LogP contribution >= 0.6 is 28.3 Å². The van der Waals surface area contributed by atoms with E-state index in [1.165, 1.54) is 0 Å². The predicted octanol–water partition coefficient (Wildman–Crippen LogP) is 4.43. The molecule has 3 rings (SSSR count). The number of aliphatic hydroxyl groups excluding tert-OH is 1. The number of rotatable bonds is 7. The molecule has 144 valence electrons. The van der Waals surface area contributed by atoms with E-state index in [0.29, 0.717) is 13.2 Å².